The van der Waals surface area contributed by atoms with E-state index >= 15 is 0 Å². The fourth-order valence-electron chi connectivity index (χ4n) is 4.20. The van der Waals surface area contributed by atoms with Crippen molar-refractivity contribution >= 4 is 17.5 Å². The highest BCUT2D eigenvalue weighted by Crippen LogP contribution is 2.41. The van der Waals surface area contributed by atoms with Gasteiger partial charge in [0.25, 0.3) is 0 Å². The lowest BCUT2D eigenvalue weighted by atomic mass is 10.1. The number of para-hydroxylation sites is 1. The van der Waals surface area contributed by atoms with E-state index in [0.29, 0.717) is 11.8 Å². The maximum atomic E-state index is 6.26. The third kappa shape index (κ3) is 3.22. The van der Waals surface area contributed by atoms with Gasteiger partial charge in [-0.25, -0.2) is 9.98 Å². The summed E-state index contributed by atoms with van der Waals surface area (Å²) < 4.78 is 6.26. The summed E-state index contributed by atoms with van der Waals surface area (Å²) in [5, 5.41) is 11.8. The van der Waals surface area contributed by atoms with Gasteiger partial charge in [0.2, 0.25) is 11.8 Å². The van der Waals surface area contributed by atoms with E-state index in [9.17, 15) is 0 Å². The Balaban J connectivity index is 1.27. The van der Waals surface area contributed by atoms with Crippen LogP contribution in [0.4, 0.5) is 11.6 Å². The lowest BCUT2D eigenvalue weighted by Crippen LogP contribution is -2.14. The lowest BCUT2D eigenvalue weighted by molar-refractivity contribution is 0.206. The molecule has 6 nitrogen and oxygen atoms in total. The number of anilines is 2. The number of ether oxygens (including phenoxy) is 1. The number of aromatic nitrogens is 3. The molecule has 1 aliphatic carbocycles. The summed E-state index contributed by atoms with van der Waals surface area (Å²) >= 11 is 0. The van der Waals surface area contributed by atoms with Crippen LogP contribution >= 0.6 is 0 Å². The summed E-state index contributed by atoms with van der Waals surface area (Å²) in [6.07, 6.45) is 2.67. The molecule has 2 heterocycles. The second kappa shape index (κ2) is 7.32. The molecule has 0 unspecified atom stereocenters. The van der Waals surface area contributed by atoms with Gasteiger partial charge in [-0.1, -0.05) is 66.7 Å². The first-order chi connectivity index (χ1) is 15.3. The van der Waals surface area contributed by atoms with Crippen LogP contribution in [0.2, 0.25) is 0 Å². The van der Waals surface area contributed by atoms with Gasteiger partial charge in [0.15, 0.2) is 0 Å². The highest BCUT2D eigenvalue weighted by atomic mass is 16.5. The highest BCUT2D eigenvalue weighted by molar-refractivity contribution is 6.01. The fourth-order valence-corrected chi connectivity index (χ4v) is 4.20. The Morgan fingerprint density at radius 1 is 0.839 bits per heavy atom. The van der Waals surface area contributed by atoms with Crippen molar-refractivity contribution in [2.45, 2.75) is 18.6 Å². The van der Waals surface area contributed by atoms with Crippen LogP contribution in [0.3, 0.4) is 0 Å². The molecule has 2 atom stereocenters. The topological polar surface area (TPSA) is 72.3 Å². The summed E-state index contributed by atoms with van der Waals surface area (Å²) in [5.74, 6) is 1.08. The third-order valence-corrected chi connectivity index (χ3v) is 5.70. The van der Waals surface area contributed by atoms with Crippen molar-refractivity contribution in [3.05, 3.63) is 102 Å². The molecule has 6 heteroatoms. The molecule has 31 heavy (non-hydrogen) atoms. The maximum Gasteiger partial charge on any atom is 0.247 e. The number of nitrogens with zero attached hydrogens (tertiary/aromatic N) is 4. The lowest BCUT2D eigenvalue weighted by Gasteiger charge is -2.12. The number of nitrogens with one attached hydrogen (secondary N) is 1. The second-order valence-corrected chi connectivity index (χ2v) is 7.64. The molecule has 3 aromatic carbocycles. The average Bonchev–Trinajstić information content (AvgIpc) is 3.39. The van der Waals surface area contributed by atoms with Crippen LogP contribution in [0.15, 0.2) is 90.1 Å². The molecule has 0 fully saturated rings. The number of hydrogen-bond acceptors (Lipinski definition) is 6. The van der Waals surface area contributed by atoms with Gasteiger partial charge in [-0.2, -0.15) is 0 Å². The number of rotatable bonds is 4. The first kappa shape index (κ1) is 17.8. The van der Waals surface area contributed by atoms with E-state index in [-0.39, 0.29) is 12.1 Å². The van der Waals surface area contributed by atoms with Crippen molar-refractivity contribution in [3.63, 3.8) is 0 Å². The molecule has 0 bridgehead atoms. The normalized spacial score (nSPS) is 18.6. The SMILES string of the molecule is c1ccc(-c2cnc(Nc3ccccc3C3=N[C@@H]4c5ccccc5C[C@@H]4O3)nn2)cc1. The van der Waals surface area contributed by atoms with Gasteiger partial charge < -0.3 is 10.1 Å². The molecule has 0 saturated heterocycles. The molecule has 1 aliphatic heterocycles. The van der Waals surface area contributed by atoms with Crippen molar-refractivity contribution in [2.24, 2.45) is 4.99 Å². The molecule has 0 saturated carbocycles. The molecule has 1 N–H and O–H groups in total. The van der Waals surface area contributed by atoms with Crippen LogP contribution in [-0.2, 0) is 11.2 Å². The summed E-state index contributed by atoms with van der Waals surface area (Å²) in [6, 6.07) is 26.3. The fraction of sp³-hybridized carbons (Fsp3) is 0.120. The largest absolute Gasteiger partial charge is 0.471 e. The predicted octanol–water partition coefficient (Wildman–Crippen LogP) is 4.73. The monoisotopic (exact) mass is 405 g/mol. The molecule has 0 amide bonds. The van der Waals surface area contributed by atoms with Crippen molar-refractivity contribution in [1.29, 1.82) is 0 Å². The van der Waals surface area contributed by atoms with E-state index in [4.69, 9.17) is 9.73 Å². The standard InChI is InChI=1S/C25H19N5O/c1-2-8-16(9-3-1)21-15-26-25(30-29-21)27-20-13-7-6-12-19(20)24-28-23-18-11-5-4-10-17(18)14-22(23)31-24/h1-13,15,22-23H,14H2,(H,26,27,30)/t22-,23+/m0/s1. The van der Waals surface area contributed by atoms with Crippen LogP contribution in [-0.4, -0.2) is 27.2 Å². The summed E-state index contributed by atoms with van der Waals surface area (Å²) in [4.78, 5) is 9.36. The van der Waals surface area contributed by atoms with Crippen LogP contribution in [0.1, 0.15) is 22.7 Å². The van der Waals surface area contributed by atoms with Crippen LogP contribution in [0.5, 0.6) is 0 Å². The van der Waals surface area contributed by atoms with Gasteiger partial charge >= 0.3 is 0 Å². The van der Waals surface area contributed by atoms with Gasteiger partial charge in [0, 0.05) is 12.0 Å². The van der Waals surface area contributed by atoms with Crippen LogP contribution in [0, 0.1) is 0 Å². The van der Waals surface area contributed by atoms with Gasteiger partial charge in [-0.3, -0.25) is 0 Å². The van der Waals surface area contributed by atoms with Crippen molar-refractivity contribution < 1.29 is 4.74 Å². The minimum Gasteiger partial charge on any atom is -0.471 e. The Morgan fingerprint density at radius 3 is 2.52 bits per heavy atom. The number of benzene rings is 3. The molecule has 150 valence electrons. The molecule has 0 radical (unpaired) electrons. The number of fused-ring (bicyclic) bond motifs is 3. The average molecular weight is 405 g/mol. The third-order valence-electron chi connectivity index (χ3n) is 5.70. The quantitative estimate of drug-likeness (QED) is 0.532. The van der Waals surface area contributed by atoms with E-state index in [1.807, 2.05) is 54.6 Å². The van der Waals surface area contributed by atoms with Gasteiger partial charge in [-0.15, -0.1) is 10.2 Å². The van der Waals surface area contributed by atoms with E-state index < -0.39 is 0 Å². The minimum atomic E-state index is 0.0577. The smallest absolute Gasteiger partial charge is 0.247 e. The van der Waals surface area contributed by atoms with E-state index in [1.165, 1.54) is 11.1 Å². The molecular formula is C25H19N5O. The Kier molecular flexibility index (Phi) is 4.20. The Morgan fingerprint density at radius 2 is 1.65 bits per heavy atom. The number of hydrogen-bond donors (Lipinski definition) is 1. The van der Waals surface area contributed by atoms with E-state index in [1.54, 1.807) is 6.20 Å². The maximum absolute atomic E-state index is 6.26. The zero-order valence-corrected chi connectivity index (χ0v) is 16.6. The van der Waals surface area contributed by atoms with Crippen molar-refractivity contribution in [3.8, 4) is 11.3 Å². The molecule has 1 aromatic heterocycles. The van der Waals surface area contributed by atoms with Crippen molar-refractivity contribution in [2.75, 3.05) is 5.32 Å². The van der Waals surface area contributed by atoms with Gasteiger partial charge in [0.1, 0.15) is 17.8 Å². The van der Waals surface area contributed by atoms with Gasteiger partial charge in [0.05, 0.1) is 17.4 Å². The first-order valence-electron chi connectivity index (χ1n) is 10.3. The number of aliphatic imine (C=N–C) groups is 1. The molecule has 6 rings (SSSR count). The summed E-state index contributed by atoms with van der Waals surface area (Å²) in [5.41, 5.74) is 6.03. The summed E-state index contributed by atoms with van der Waals surface area (Å²) in [7, 11) is 0. The van der Waals surface area contributed by atoms with E-state index in [0.717, 1.165) is 28.9 Å². The highest BCUT2D eigenvalue weighted by Gasteiger charge is 2.39. The molecule has 4 aromatic rings. The van der Waals surface area contributed by atoms with Gasteiger partial charge in [-0.05, 0) is 23.3 Å². The molecular weight excluding hydrogens is 386 g/mol. The zero-order chi connectivity index (χ0) is 20.6. The predicted molar refractivity (Wildman–Crippen MR) is 119 cm³/mol. The molecule has 0 spiro atoms. The first-order valence-corrected chi connectivity index (χ1v) is 10.3. The zero-order valence-electron chi connectivity index (χ0n) is 16.6. The van der Waals surface area contributed by atoms with E-state index in [2.05, 4.69) is 44.8 Å². The van der Waals surface area contributed by atoms with Crippen molar-refractivity contribution in [1.82, 2.24) is 15.2 Å². The Hall–Kier alpha value is -4.06. The summed E-state index contributed by atoms with van der Waals surface area (Å²) in [6.45, 7) is 0. The Bertz CT molecular complexity index is 1270. The molecule has 2 aliphatic rings. The van der Waals surface area contributed by atoms with Crippen LogP contribution in [0.25, 0.3) is 11.3 Å². The Labute approximate surface area is 179 Å². The minimum absolute atomic E-state index is 0.0577. The second-order valence-electron chi connectivity index (χ2n) is 7.64. The van der Waals surface area contributed by atoms with Crippen LogP contribution < -0.4 is 5.32 Å².